The van der Waals surface area contributed by atoms with Gasteiger partial charge in [0.05, 0.1) is 17.9 Å². The Labute approximate surface area is 167 Å². The molecule has 0 bridgehead atoms. The summed E-state index contributed by atoms with van der Waals surface area (Å²) in [5, 5.41) is 14.7. The van der Waals surface area contributed by atoms with Crippen molar-refractivity contribution in [1.82, 2.24) is 30.0 Å². The number of aromatic nitrogens is 4. The number of halogens is 1. The lowest BCUT2D eigenvalue weighted by molar-refractivity contribution is 0.140. The number of hydrogen-bond acceptors (Lipinski definition) is 5. The van der Waals surface area contributed by atoms with Crippen molar-refractivity contribution in [2.45, 2.75) is 13.5 Å². The smallest absolute Gasteiger partial charge is 0.322 e. The molecule has 2 aromatic carbocycles. The van der Waals surface area contributed by atoms with Crippen LogP contribution in [0.15, 0.2) is 48.5 Å². The zero-order valence-electron chi connectivity index (χ0n) is 16.1. The third-order valence-electron chi connectivity index (χ3n) is 4.95. The van der Waals surface area contributed by atoms with Crippen molar-refractivity contribution >= 4 is 11.7 Å². The summed E-state index contributed by atoms with van der Waals surface area (Å²) >= 11 is 0. The number of nitrogens with zero attached hydrogens (tertiary/aromatic N) is 6. The Balaban J connectivity index is 1.34. The highest BCUT2D eigenvalue weighted by Gasteiger charge is 2.23. The van der Waals surface area contributed by atoms with E-state index < -0.39 is 5.82 Å². The Hall–Kier alpha value is -3.33. The van der Waals surface area contributed by atoms with E-state index in [0.717, 1.165) is 11.5 Å². The Morgan fingerprint density at radius 2 is 1.79 bits per heavy atom. The SMILES string of the molecule is Cc1ccc(-n2nnnc2CN2CCN(C(=O)Nc3ccccc3F)CC2)cc1. The van der Waals surface area contributed by atoms with Crippen LogP contribution in [0.4, 0.5) is 14.9 Å². The van der Waals surface area contributed by atoms with Crippen molar-refractivity contribution in [1.29, 1.82) is 0 Å². The van der Waals surface area contributed by atoms with Gasteiger partial charge in [-0.15, -0.1) is 5.10 Å². The van der Waals surface area contributed by atoms with Crippen LogP contribution in [0.3, 0.4) is 0 Å². The summed E-state index contributed by atoms with van der Waals surface area (Å²) in [5.41, 5.74) is 2.28. The van der Waals surface area contributed by atoms with Gasteiger partial charge in [-0.3, -0.25) is 4.90 Å². The number of carbonyl (C=O) groups is 1. The molecule has 2 amide bonds. The normalized spacial score (nSPS) is 14.8. The maximum atomic E-state index is 13.7. The van der Waals surface area contributed by atoms with E-state index in [2.05, 4.69) is 25.7 Å². The molecule has 29 heavy (non-hydrogen) atoms. The fourth-order valence-electron chi connectivity index (χ4n) is 3.26. The van der Waals surface area contributed by atoms with Crippen molar-refractivity contribution in [2.75, 3.05) is 31.5 Å². The Morgan fingerprint density at radius 1 is 1.07 bits per heavy atom. The molecule has 9 heteroatoms. The minimum atomic E-state index is -0.442. The fraction of sp³-hybridized carbons (Fsp3) is 0.300. The summed E-state index contributed by atoms with van der Waals surface area (Å²) in [6.45, 7) is 5.09. The van der Waals surface area contributed by atoms with Crippen molar-refractivity contribution in [3.8, 4) is 5.69 Å². The number of hydrogen-bond donors (Lipinski definition) is 1. The maximum absolute atomic E-state index is 13.7. The van der Waals surface area contributed by atoms with Gasteiger partial charge in [0.15, 0.2) is 5.82 Å². The van der Waals surface area contributed by atoms with Crippen LogP contribution >= 0.6 is 0 Å². The molecule has 1 aromatic heterocycles. The Morgan fingerprint density at radius 3 is 2.52 bits per heavy atom. The molecule has 2 heterocycles. The molecule has 1 saturated heterocycles. The van der Waals surface area contributed by atoms with E-state index in [1.54, 1.807) is 27.8 Å². The molecular weight excluding hydrogens is 373 g/mol. The minimum Gasteiger partial charge on any atom is -0.322 e. The van der Waals surface area contributed by atoms with Crippen LogP contribution in [0.2, 0.25) is 0 Å². The fourth-order valence-corrected chi connectivity index (χ4v) is 3.26. The molecule has 3 aromatic rings. The first-order valence-corrected chi connectivity index (χ1v) is 9.47. The van der Waals surface area contributed by atoms with Crippen LogP contribution in [-0.2, 0) is 6.54 Å². The summed E-state index contributed by atoms with van der Waals surface area (Å²) in [6.07, 6.45) is 0. The molecule has 0 atom stereocenters. The summed E-state index contributed by atoms with van der Waals surface area (Å²) in [5.74, 6) is 0.306. The standard InChI is InChI=1S/C20H22FN7O/c1-15-6-8-16(9-7-15)28-19(23-24-25-28)14-26-10-12-27(13-11-26)20(29)22-18-5-3-2-4-17(18)21/h2-9H,10-14H2,1H3,(H,22,29). The number of anilines is 1. The zero-order chi connectivity index (χ0) is 20.2. The molecule has 4 rings (SSSR count). The highest BCUT2D eigenvalue weighted by Crippen LogP contribution is 2.15. The third kappa shape index (κ3) is 4.40. The van der Waals surface area contributed by atoms with Crippen LogP contribution < -0.4 is 5.32 Å². The van der Waals surface area contributed by atoms with Crippen LogP contribution in [0.1, 0.15) is 11.4 Å². The van der Waals surface area contributed by atoms with Crippen molar-refractivity contribution in [2.24, 2.45) is 0 Å². The van der Waals surface area contributed by atoms with Gasteiger partial charge >= 0.3 is 6.03 Å². The molecule has 1 aliphatic heterocycles. The average molecular weight is 395 g/mol. The summed E-state index contributed by atoms with van der Waals surface area (Å²) in [7, 11) is 0. The highest BCUT2D eigenvalue weighted by atomic mass is 19.1. The Bertz CT molecular complexity index is 981. The van der Waals surface area contributed by atoms with Crippen LogP contribution in [0.5, 0.6) is 0 Å². The number of amides is 2. The maximum Gasteiger partial charge on any atom is 0.322 e. The van der Waals surface area contributed by atoms with Gasteiger partial charge in [-0.05, 0) is 41.6 Å². The zero-order valence-corrected chi connectivity index (χ0v) is 16.1. The van der Waals surface area contributed by atoms with Gasteiger partial charge in [-0.2, -0.15) is 4.68 Å². The van der Waals surface area contributed by atoms with E-state index in [1.807, 2.05) is 31.2 Å². The van der Waals surface area contributed by atoms with Gasteiger partial charge in [0.25, 0.3) is 0 Å². The largest absolute Gasteiger partial charge is 0.322 e. The van der Waals surface area contributed by atoms with Gasteiger partial charge in [-0.1, -0.05) is 29.8 Å². The lowest BCUT2D eigenvalue weighted by Crippen LogP contribution is -2.49. The number of rotatable bonds is 4. The predicted molar refractivity (Wildman–Crippen MR) is 106 cm³/mol. The van der Waals surface area contributed by atoms with Gasteiger partial charge in [0.1, 0.15) is 5.82 Å². The number of nitrogens with one attached hydrogen (secondary N) is 1. The van der Waals surface area contributed by atoms with Crippen molar-refractivity contribution in [3.63, 3.8) is 0 Å². The molecule has 1 fully saturated rings. The van der Waals surface area contributed by atoms with Gasteiger partial charge in [-0.25, -0.2) is 9.18 Å². The number of urea groups is 1. The third-order valence-corrected chi connectivity index (χ3v) is 4.95. The predicted octanol–water partition coefficient (Wildman–Crippen LogP) is 2.46. The van der Waals surface area contributed by atoms with E-state index in [0.29, 0.717) is 32.7 Å². The topological polar surface area (TPSA) is 79.2 Å². The van der Waals surface area contributed by atoms with Gasteiger partial charge in [0.2, 0.25) is 0 Å². The lowest BCUT2D eigenvalue weighted by atomic mass is 10.2. The van der Waals surface area contributed by atoms with Crippen molar-refractivity contribution < 1.29 is 9.18 Å². The lowest BCUT2D eigenvalue weighted by Gasteiger charge is -2.34. The highest BCUT2D eigenvalue weighted by molar-refractivity contribution is 5.89. The number of aryl methyl sites for hydroxylation is 1. The first kappa shape index (κ1) is 19.0. The molecule has 0 unspecified atom stereocenters. The summed E-state index contributed by atoms with van der Waals surface area (Å²) in [4.78, 5) is 16.3. The molecule has 150 valence electrons. The second-order valence-corrected chi connectivity index (χ2v) is 7.02. The van der Waals surface area contributed by atoms with E-state index in [4.69, 9.17) is 0 Å². The molecule has 0 radical (unpaired) electrons. The molecule has 0 saturated carbocycles. The van der Waals surface area contributed by atoms with Crippen LogP contribution in [0.25, 0.3) is 5.69 Å². The second kappa shape index (κ2) is 8.36. The molecule has 0 aliphatic carbocycles. The number of tetrazole rings is 1. The van der Waals surface area contributed by atoms with Gasteiger partial charge < -0.3 is 10.2 Å². The van der Waals surface area contributed by atoms with E-state index in [9.17, 15) is 9.18 Å². The second-order valence-electron chi connectivity index (χ2n) is 7.02. The molecule has 1 N–H and O–H groups in total. The first-order chi connectivity index (χ1) is 14.1. The Kier molecular flexibility index (Phi) is 5.48. The number of carbonyl (C=O) groups excluding carboxylic acids is 1. The minimum absolute atomic E-state index is 0.192. The molecule has 8 nitrogen and oxygen atoms in total. The number of piperazine rings is 1. The van der Waals surface area contributed by atoms with E-state index >= 15 is 0 Å². The summed E-state index contributed by atoms with van der Waals surface area (Å²) in [6, 6.07) is 13.9. The number of benzene rings is 2. The average Bonchev–Trinajstić information content (AvgIpc) is 3.19. The van der Waals surface area contributed by atoms with Gasteiger partial charge in [0, 0.05) is 26.2 Å². The number of para-hydroxylation sites is 1. The monoisotopic (exact) mass is 395 g/mol. The van der Waals surface area contributed by atoms with Crippen LogP contribution in [0, 0.1) is 12.7 Å². The quantitative estimate of drug-likeness (QED) is 0.734. The molecular formula is C20H22FN7O. The van der Waals surface area contributed by atoms with E-state index in [1.165, 1.54) is 11.6 Å². The molecule has 1 aliphatic rings. The molecule has 0 spiro atoms. The van der Waals surface area contributed by atoms with Crippen LogP contribution in [-0.4, -0.2) is 62.2 Å². The first-order valence-electron chi connectivity index (χ1n) is 9.47. The van der Waals surface area contributed by atoms with Crippen molar-refractivity contribution in [3.05, 3.63) is 65.7 Å². The van der Waals surface area contributed by atoms with E-state index in [-0.39, 0.29) is 11.7 Å². The summed E-state index contributed by atoms with van der Waals surface area (Å²) < 4.78 is 15.5.